The van der Waals surface area contributed by atoms with Crippen molar-refractivity contribution in [1.29, 1.82) is 5.26 Å². The maximum absolute atomic E-state index is 8.85. The molecule has 3 nitrogen and oxygen atoms in total. The van der Waals surface area contributed by atoms with E-state index >= 15 is 0 Å². The topological polar surface area (TPSA) is 45.0 Å². The Morgan fingerprint density at radius 3 is 2.76 bits per heavy atom. The summed E-state index contributed by atoms with van der Waals surface area (Å²) in [5.41, 5.74) is 1.25. The summed E-state index contributed by atoms with van der Waals surface area (Å²) in [4.78, 5) is 0. The quantitative estimate of drug-likeness (QED) is 0.873. The third-order valence-corrected chi connectivity index (χ3v) is 3.03. The summed E-state index contributed by atoms with van der Waals surface area (Å²) in [6, 6.07) is 7.40. The van der Waals surface area contributed by atoms with E-state index in [1.807, 2.05) is 19.9 Å². The molecule has 0 fully saturated rings. The van der Waals surface area contributed by atoms with Crippen LogP contribution >= 0.6 is 11.6 Å². The minimum atomic E-state index is -0.141. The van der Waals surface area contributed by atoms with Crippen molar-refractivity contribution in [3.05, 3.63) is 28.8 Å². The van der Waals surface area contributed by atoms with Gasteiger partial charge in [-0.25, -0.2) is 0 Å². The lowest BCUT2D eigenvalue weighted by atomic mass is 10.1. The van der Waals surface area contributed by atoms with Gasteiger partial charge in [0.25, 0.3) is 0 Å². The molecule has 1 rings (SSSR count). The lowest BCUT2D eigenvalue weighted by Gasteiger charge is -2.23. The average molecular weight is 253 g/mol. The Morgan fingerprint density at radius 1 is 1.47 bits per heavy atom. The van der Waals surface area contributed by atoms with Crippen molar-refractivity contribution in [2.75, 3.05) is 19.0 Å². The summed E-state index contributed by atoms with van der Waals surface area (Å²) in [5, 5.41) is 12.6. The highest BCUT2D eigenvalue weighted by Gasteiger charge is 2.15. The molecule has 0 atom stereocenters. The molecule has 0 aromatic heterocycles. The van der Waals surface area contributed by atoms with Gasteiger partial charge in [0.2, 0.25) is 0 Å². The second kappa shape index (κ2) is 5.90. The number of benzene rings is 1. The molecule has 0 radical (unpaired) electrons. The van der Waals surface area contributed by atoms with E-state index in [4.69, 9.17) is 21.6 Å². The second-order valence-electron chi connectivity index (χ2n) is 4.45. The number of halogens is 1. The van der Waals surface area contributed by atoms with Crippen molar-refractivity contribution in [3.63, 3.8) is 0 Å². The number of nitriles is 1. The molecule has 1 N–H and O–H groups in total. The van der Waals surface area contributed by atoms with Gasteiger partial charge in [-0.05, 0) is 38.5 Å². The summed E-state index contributed by atoms with van der Waals surface area (Å²) in [5.74, 6) is 0. The van der Waals surface area contributed by atoms with E-state index in [1.54, 1.807) is 19.2 Å². The maximum atomic E-state index is 8.85. The molecule has 0 unspecified atom stereocenters. The molecule has 0 heterocycles. The van der Waals surface area contributed by atoms with Gasteiger partial charge in [0.15, 0.2) is 0 Å². The monoisotopic (exact) mass is 252 g/mol. The number of ether oxygens (including phenoxy) is 1. The van der Waals surface area contributed by atoms with Crippen LogP contribution in [0, 0.1) is 11.3 Å². The zero-order valence-corrected chi connectivity index (χ0v) is 11.1. The van der Waals surface area contributed by atoms with Crippen molar-refractivity contribution in [2.24, 2.45) is 0 Å². The van der Waals surface area contributed by atoms with Crippen LogP contribution in [0.25, 0.3) is 0 Å². The highest BCUT2D eigenvalue weighted by atomic mass is 35.5. The number of anilines is 1. The molecule has 0 saturated carbocycles. The van der Waals surface area contributed by atoms with E-state index in [-0.39, 0.29) is 5.60 Å². The van der Waals surface area contributed by atoms with Crippen LogP contribution < -0.4 is 5.32 Å². The molecule has 0 amide bonds. The molecule has 92 valence electrons. The SMILES string of the molecule is COC(C)(C)CCNc1ccc(Cl)c(C#N)c1. The average Bonchev–Trinajstić information content (AvgIpc) is 2.31. The third-order valence-electron chi connectivity index (χ3n) is 2.70. The summed E-state index contributed by atoms with van der Waals surface area (Å²) < 4.78 is 5.33. The van der Waals surface area contributed by atoms with Gasteiger partial charge < -0.3 is 10.1 Å². The lowest BCUT2D eigenvalue weighted by Crippen LogP contribution is -2.25. The molecule has 0 aliphatic carbocycles. The summed E-state index contributed by atoms with van der Waals surface area (Å²) in [6.45, 7) is 4.86. The van der Waals surface area contributed by atoms with Crippen molar-refractivity contribution in [1.82, 2.24) is 0 Å². The minimum Gasteiger partial charge on any atom is -0.385 e. The summed E-state index contributed by atoms with van der Waals surface area (Å²) in [7, 11) is 1.70. The van der Waals surface area contributed by atoms with Crippen LogP contribution in [-0.2, 0) is 4.74 Å². The van der Waals surface area contributed by atoms with Crippen LogP contribution in [0.4, 0.5) is 5.69 Å². The molecule has 0 aliphatic heterocycles. The highest BCUT2D eigenvalue weighted by Crippen LogP contribution is 2.20. The second-order valence-corrected chi connectivity index (χ2v) is 4.85. The van der Waals surface area contributed by atoms with Gasteiger partial charge in [-0.1, -0.05) is 11.6 Å². The zero-order chi connectivity index (χ0) is 12.9. The van der Waals surface area contributed by atoms with Crippen molar-refractivity contribution >= 4 is 17.3 Å². The number of rotatable bonds is 5. The molecule has 17 heavy (non-hydrogen) atoms. The fourth-order valence-corrected chi connectivity index (χ4v) is 1.49. The van der Waals surface area contributed by atoms with E-state index in [9.17, 15) is 0 Å². The van der Waals surface area contributed by atoms with Gasteiger partial charge in [0.05, 0.1) is 16.2 Å². The van der Waals surface area contributed by atoms with E-state index in [0.29, 0.717) is 10.6 Å². The molecule has 0 aliphatic rings. The van der Waals surface area contributed by atoms with E-state index in [1.165, 1.54) is 0 Å². The normalized spacial score (nSPS) is 11.0. The Balaban J connectivity index is 2.56. The molecule has 0 bridgehead atoms. The Morgan fingerprint density at radius 2 is 2.18 bits per heavy atom. The van der Waals surface area contributed by atoms with Crippen LogP contribution in [0.5, 0.6) is 0 Å². The smallest absolute Gasteiger partial charge is 0.101 e. The summed E-state index contributed by atoms with van der Waals surface area (Å²) in [6.07, 6.45) is 0.883. The number of nitrogens with one attached hydrogen (secondary N) is 1. The molecule has 0 spiro atoms. The fourth-order valence-electron chi connectivity index (χ4n) is 1.33. The number of hydrogen-bond donors (Lipinski definition) is 1. The van der Waals surface area contributed by atoms with Gasteiger partial charge in [0.1, 0.15) is 6.07 Å². The van der Waals surface area contributed by atoms with Crippen molar-refractivity contribution < 1.29 is 4.74 Å². The maximum Gasteiger partial charge on any atom is 0.101 e. The Hall–Kier alpha value is -1.24. The molecule has 1 aromatic rings. The molecular formula is C13H17ClN2O. The van der Waals surface area contributed by atoms with Gasteiger partial charge in [-0.3, -0.25) is 0 Å². The van der Waals surface area contributed by atoms with Crippen LogP contribution in [0.1, 0.15) is 25.8 Å². The number of methoxy groups -OCH3 is 1. The third kappa shape index (κ3) is 4.26. The van der Waals surface area contributed by atoms with Crippen LogP contribution in [0.15, 0.2) is 18.2 Å². The first kappa shape index (κ1) is 13.8. The Labute approximate surface area is 107 Å². The van der Waals surface area contributed by atoms with E-state index < -0.39 is 0 Å². The molecule has 1 aromatic carbocycles. The lowest BCUT2D eigenvalue weighted by molar-refractivity contribution is 0.0185. The summed E-state index contributed by atoms with van der Waals surface area (Å²) >= 11 is 5.86. The largest absolute Gasteiger partial charge is 0.385 e. The first-order valence-electron chi connectivity index (χ1n) is 5.47. The Kier molecular flexibility index (Phi) is 4.80. The molecule has 4 heteroatoms. The first-order valence-corrected chi connectivity index (χ1v) is 5.85. The van der Waals surface area contributed by atoms with Gasteiger partial charge in [-0.2, -0.15) is 5.26 Å². The first-order chi connectivity index (χ1) is 7.98. The fraction of sp³-hybridized carbons (Fsp3) is 0.462. The van der Waals surface area contributed by atoms with Crippen LogP contribution in [0.3, 0.4) is 0 Å². The highest BCUT2D eigenvalue weighted by molar-refractivity contribution is 6.31. The molecule has 0 saturated heterocycles. The predicted molar refractivity (Wildman–Crippen MR) is 70.4 cm³/mol. The van der Waals surface area contributed by atoms with E-state index in [2.05, 4.69) is 11.4 Å². The van der Waals surface area contributed by atoms with Gasteiger partial charge >= 0.3 is 0 Å². The zero-order valence-electron chi connectivity index (χ0n) is 10.4. The minimum absolute atomic E-state index is 0.141. The molecular weight excluding hydrogens is 236 g/mol. The van der Waals surface area contributed by atoms with Crippen molar-refractivity contribution in [2.45, 2.75) is 25.9 Å². The van der Waals surface area contributed by atoms with Crippen LogP contribution in [0.2, 0.25) is 5.02 Å². The number of nitrogens with zero attached hydrogens (tertiary/aromatic N) is 1. The predicted octanol–water partition coefficient (Wildman–Crippen LogP) is 3.44. The van der Waals surface area contributed by atoms with Crippen LogP contribution in [-0.4, -0.2) is 19.3 Å². The van der Waals surface area contributed by atoms with Gasteiger partial charge in [0, 0.05) is 19.3 Å². The van der Waals surface area contributed by atoms with E-state index in [0.717, 1.165) is 18.7 Å². The van der Waals surface area contributed by atoms with Crippen molar-refractivity contribution in [3.8, 4) is 6.07 Å². The number of hydrogen-bond acceptors (Lipinski definition) is 3. The Bertz CT molecular complexity index is 424. The van der Waals surface area contributed by atoms with Gasteiger partial charge in [-0.15, -0.1) is 0 Å². The standard InChI is InChI=1S/C13H17ClN2O/c1-13(2,17-3)6-7-16-11-4-5-12(14)10(8-11)9-15/h4-5,8,16H,6-7H2,1-3H3.